The summed E-state index contributed by atoms with van der Waals surface area (Å²) in [5, 5.41) is 2.81. The monoisotopic (exact) mass is 377 g/mol. The maximum atomic E-state index is 12.9. The smallest absolute Gasteiger partial charge is 0.256 e. The number of furan rings is 1. The molecule has 2 bridgehead atoms. The van der Waals surface area contributed by atoms with Gasteiger partial charge in [-0.05, 0) is 50.0 Å². The van der Waals surface area contributed by atoms with E-state index in [0.717, 1.165) is 25.7 Å². The van der Waals surface area contributed by atoms with E-state index in [1.807, 2.05) is 6.92 Å². The molecule has 4 aliphatic heterocycles. The number of fused-ring (bicyclic) bond motifs is 2. The van der Waals surface area contributed by atoms with E-state index in [9.17, 15) is 4.79 Å². The molecule has 1 amide bonds. The normalized spacial score (nSPS) is 48.6. The third kappa shape index (κ3) is 2.52. The van der Waals surface area contributed by atoms with Crippen molar-refractivity contribution >= 4 is 11.8 Å². The lowest BCUT2D eigenvalue weighted by atomic mass is 9.57. The first kappa shape index (κ1) is 17.7. The van der Waals surface area contributed by atoms with Gasteiger partial charge in [-0.15, -0.1) is 0 Å². The van der Waals surface area contributed by atoms with Gasteiger partial charge in [-0.2, -0.15) is 0 Å². The zero-order valence-electron chi connectivity index (χ0n) is 16.0. The minimum Gasteiger partial charge on any atom is -0.449 e. The lowest BCUT2D eigenvalue weighted by molar-refractivity contribution is -0.569. The van der Waals surface area contributed by atoms with Crippen LogP contribution in [0.1, 0.15) is 46.5 Å². The van der Waals surface area contributed by atoms with Crippen LogP contribution in [0.3, 0.4) is 0 Å². The van der Waals surface area contributed by atoms with E-state index in [4.69, 9.17) is 23.7 Å². The fourth-order valence-corrected chi connectivity index (χ4v) is 5.75. The van der Waals surface area contributed by atoms with Crippen LogP contribution in [0, 0.1) is 23.7 Å². The summed E-state index contributed by atoms with van der Waals surface area (Å²) in [7, 11) is 0. The van der Waals surface area contributed by atoms with E-state index in [0.29, 0.717) is 17.7 Å². The second-order valence-corrected chi connectivity index (χ2v) is 8.79. The van der Waals surface area contributed by atoms with Gasteiger partial charge in [0.2, 0.25) is 5.79 Å². The van der Waals surface area contributed by atoms with Crippen molar-refractivity contribution in [3.8, 4) is 0 Å². The number of amides is 1. The largest absolute Gasteiger partial charge is 0.449 e. The van der Waals surface area contributed by atoms with Gasteiger partial charge < -0.3 is 13.9 Å². The molecule has 1 saturated carbocycles. The van der Waals surface area contributed by atoms with Crippen LogP contribution >= 0.6 is 0 Å². The van der Waals surface area contributed by atoms with E-state index in [1.165, 1.54) is 6.26 Å². The van der Waals surface area contributed by atoms with E-state index in [-0.39, 0.29) is 17.7 Å². The van der Waals surface area contributed by atoms with Gasteiger partial charge in [0.05, 0.1) is 6.26 Å². The van der Waals surface area contributed by atoms with Gasteiger partial charge in [-0.1, -0.05) is 13.8 Å². The molecule has 5 aliphatic rings. The minimum atomic E-state index is -0.833. The first-order valence-electron chi connectivity index (χ1n) is 9.97. The molecule has 27 heavy (non-hydrogen) atoms. The second kappa shape index (κ2) is 6.04. The van der Waals surface area contributed by atoms with Crippen molar-refractivity contribution in [3.05, 3.63) is 18.4 Å². The molecule has 1 spiro atoms. The molecule has 5 fully saturated rings. The van der Waals surface area contributed by atoms with Crippen molar-refractivity contribution in [3.63, 3.8) is 0 Å². The van der Waals surface area contributed by atoms with Crippen LogP contribution in [0.15, 0.2) is 22.8 Å². The predicted octanol–water partition coefficient (Wildman–Crippen LogP) is 3.47. The van der Waals surface area contributed by atoms with Crippen LogP contribution < -0.4 is 5.32 Å². The maximum Gasteiger partial charge on any atom is 0.256 e. The molecule has 148 valence electrons. The van der Waals surface area contributed by atoms with E-state index >= 15 is 0 Å². The Hall–Kier alpha value is -1.41. The molecular formula is C20H27NO6. The fourth-order valence-electron chi connectivity index (χ4n) is 5.75. The molecule has 7 heteroatoms. The van der Waals surface area contributed by atoms with Gasteiger partial charge in [0, 0.05) is 18.4 Å². The van der Waals surface area contributed by atoms with Crippen LogP contribution in [-0.2, 0) is 24.0 Å². The molecule has 5 heterocycles. The fraction of sp³-hybridized carbons (Fsp3) is 0.750. The van der Waals surface area contributed by atoms with Gasteiger partial charge >= 0.3 is 0 Å². The van der Waals surface area contributed by atoms with Crippen molar-refractivity contribution < 1.29 is 28.5 Å². The zero-order chi connectivity index (χ0) is 18.8. The van der Waals surface area contributed by atoms with E-state index in [2.05, 4.69) is 19.2 Å². The Balaban J connectivity index is 1.49. The molecule has 0 unspecified atom stereocenters. The molecule has 1 aromatic rings. The molecule has 1 aromatic heterocycles. The molecule has 7 nitrogen and oxygen atoms in total. The summed E-state index contributed by atoms with van der Waals surface area (Å²) in [5.74, 6) is 0.273. The Morgan fingerprint density at radius 1 is 1.19 bits per heavy atom. The lowest BCUT2D eigenvalue weighted by Crippen LogP contribution is -2.71. The Kier molecular flexibility index (Phi) is 3.95. The van der Waals surface area contributed by atoms with E-state index in [1.54, 1.807) is 12.1 Å². The number of hydrogen-bond acceptors (Lipinski definition) is 6. The van der Waals surface area contributed by atoms with Crippen LogP contribution in [-0.4, -0.2) is 29.7 Å². The molecule has 6 rings (SSSR count). The van der Waals surface area contributed by atoms with Crippen LogP contribution in [0.4, 0.5) is 5.88 Å². The summed E-state index contributed by atoms with van der Waals surface area (Å²) >= 11 is 0. The molecule has 0 radical (unpaired) electrons. The highest BCUT2D eigenvalue weighted by Gasteiger charge is 2.69. The highest BCUT2D eigenvalue weighted by molar-refractivity contribution is 5.93. The molecule has 0 aromatic carbocycles. The molecule has 4 saturated heterocycles. The number of rotatable bonds is 2. The Morgan fingerprint density at radius 3 is 2.81 bits per heavy atom. The number of ether oxygens (including phenoxy) is 2. The molecule has 8 atom stereocenters. The third-order valence-corrected chi connectivity index (χ3v) is 7.18. The summed E-state index contributed by atoms with van der Waals surface area (Å²) in [6.45, 7) is 6.23. The van der Waals surface area contributed by atoms with Gasteiger partial charge in [-0.25, -0.2) is 9.78 Å². The second-order valence-electron chi connectivity index (χ2n) is 8.79. The van der Waals surface area contributed by atoms with Gasteiger partial charge in [0.25, 0.3) is 5.91 Å². The standard InChI is InChI=1S/C20H27NO6/c1-11-6-7-14-12(2)16(17(22)21-15-5-4-10-23-15)24-18-20(14)13(11)8-9-19(3,25-18)26-27-20/h4-5,10-14,16,18H,6-9H2,1-3H3,(H,21,22)/t11-,12-,13+,14+,16-,18-,19-,20-/m1/s1. The summed E-state index contributed by atoms with van der Waals surface area (Å²) in [4.78, 5) is 24.8. The topological polar surface area (TPSA) is 79.2 Å². The Labute approximate surface area is 158 Å². The van der Waals surface area contributed by atoms with Crippen LogP contribution in [0.25, 0.3) is 0 Å². The predicted molar refractivity (Wildman–Crippen MR) is 94.2 cm³/mol. The quantitative estimate of drug-likeness (QED) is 0.795. The molecule has 1 aliphatic carbocycles. The van der Waals surface area contributed by atoms with Crippen molar-refractivity contribution in [1.29, 1.82) is 0 Å². The number of anilines is 1. The zero-order valence-corrected chi connectivity index (χ0v) is 16.0. The number of carbonyl (C=O) groups excluding carboxylic acids is 1. The first-order chi connectivity index (χ1) is 12.9. The van der Waals surface area contributed by atoms with Crippen molar-refractivity contribution in [2.75, 3.05) is 5.32 Å². The summed E-state index contributed by atoms with van der Waals surface area (Å²) < 4.78 is 17.8. The van der Waals surface area contributed by atoms with Crippen LogP contribution in [0.2, 0.25) is 0 Å². The Morgan fingerprint density at radius 2 is 2.04 bits per heavy atom. The number of nitrogens with one attached hydrogen (secondary N) is 1. The Bertz CT molecular complexity index is 722. The summed E-state index contributed by atoms with van der Waals surface area (Å²) in [5.41, 5.74) is -0.644. The van der Waals surface area contributed by atoms with Gasteiger partial charge in [0.1, 0.15) is 6.10 Å². The van der Waals surface area contributed by atoms with Crippen molar-refractivity contribution in [2.24, 2.45) is 23.7 Å². The molecular weight excluding hydrogens is 350 g/mol. The van der Waals surface area contributed by atoms with Gasteiger partial charge in [0.15, 0.2) is 17.8 Å². The average molecular weight is 377 g/mol. The first-order valence-corrected chi connectivity index (χ1v) is 9.97. The number of carbonyl (C=O) groups is 1. The maximum absolute atomic E-state index is 12.9. The summed E-state index contributed by atoms with van der Waals surface area (Å²) in [6.07, 6.45) is 4.10. The third-order valence-electron chi connectivity index (χ3n) is 7.18. The highest BCUT2D eigenvalue weighted by Crippen LogP contribution is 2.60. The SMILES string of the molecule is C[C@H]1[C@H](C(=O)Nc2ccco2)O[C@@H]2O[C@@]3(C)CC[C@H]4[C@H](C)CC[C@@H]1[C@@]24OO3. The number of hydrogen-bond donors (Lipinski definition) is 1. The van der Waals surface area contributed by atoms with E-state index < -0.39 is 23.8 Å². The molecule has 1 N–H and O–H groups in total. The highest BCUT2D eigenvalue weighted by atomic mass is 17.3. The van der Waals surface area contributed by atoms with Crippen molar-refractivity contribution in [1.82, 2.24) is 0 Å². The van der Waals surface area contributed by atoms with Crippen molar-refractivity contribution in [2.45, 2.75) is 70.2 Å². The summed E-state index contributed by atoms with van der Waals surface area (Å²) in [6, 6.07) is 3.45. The average Bonchev–Trinajstić information content (AvgIpc) is 3.04. The van der Waals surface area contributed by atoms with Gasteiger partial charge in [-0.3, -0.25) is 10.1 Å². The lowest BCUT2D eigenvalue weighted by Gasteiger charge is -2.60. The van der Waals surface area contributed by atoms with Crippen LogP contribution in [0.5, 0.6) is 0 Å². The minimum absolute atomic E-state index is 0.0270.